The number of nitrogens with one attached hydrogen (secondary N) is 1. The predicted molar refractivity (Wildman–Crippen MR) is 63.3 cm³/mol. The Hall–Kier alpha value is -0.990. The minimum Gasteiger partial charge on any atom is -0.289 e. The minimum atomic E-state index is -0.0834. The fourth-order valence-corrected chi connectivity index (χ4v) is 1.99. The summed E-state index contributed by atoms with van der Waals surface area (Å²) in [6, 6.07) is 0. The lowest BCUT2D eigenvalue weighted by molar-refractivity contribution is 0.470. The maximum absolute atomic E-state index is 11.8. The van der Waals surface area contributed by atoms with Gasteiger partial charge in [-0.25, -0.2) is 0 Å². The molecule has 3 nitrogen and oxygen atoms in total. The fourth-order valence-electron chi connectivity index (χ4n) is 1.99. The number of hydrogen-bond donors (Lipinski definition) is 1. The van der Waals surface area contributed by atoms with Crippen LogP contribution in [0, 0.1) is 12.8 Å². The van der Waals surface area contributed by atoms with Crippen molar-refractivity contribution in [2.24, 2.45) is 5.92 Å². The number of hydrogen-bond acceptors (Lipinski definition) is 1. The summed E-state index contributed by atoms with van der Waals surface area (Å²) in [6.07, 6.45) is 0. The van der Waals surface area contributed by atoms with Crippen molar-refractivity contribution < 1.29 is 0 Å². The summed E-state index contributed by atoms with van der Waals surface area (Å²) >= 11 is 0. The molecule has 0 fully saturated rings. The molecule has 1 aromatic rings. The zero-order valence-electron chi connectivity index (χ0n) is 10.6. The van der Waals surface area contributed by atoms with Crippen molar-refractivity contribution in [3.05, 3.63) is 21.6 Å². The standard InChI is InChI=1S/C12H22N2O/c1-8(2)7-14-9(3)10(11(15)13-14)12(4,5)6/h8H,7H2,1-6H3,(H,13,15). The van der Waals surface area contributed by atoms with Gasteiger partial charge >= 0.3 is 0 Å². The molecule has 0 aromatic carbocycles. The van der Waals surface area contributed by atoms with Gasteiger partial charge in [0, 0.05) is 17.8 Å². The van der Waals surface area contributed by atoms with Gasteiger partial charge in [0.2, 0.25) is 0 Å². The van der Waals surface area contributed by atoms with Gasteiger partial charge in [-0.05, 0) is 18.3 Å². The van der Waals surface area contributed by atoms with E-state index < -0.39 is 0 Å². The third kappa shape index (κ3) is 2.52. The molecule has 3 heteroatoms. The Morgan fingerprint density at radius 2 is 1.87 bits per heavy atom. The van der Waals surface area contributed by atoms with Gasteiger partial charge in [0.1, 0.15) is 0 Å². The molecule has 0 spiro atoms. The molecule has 1 heterocycles. The molecule has 0 amide bonds. The van der Waals surface area contributed by atoms with Gasteiger partial charge in [-0.3, -0.25) is 14.6 Å². The highest BCUT2D eigenvalue weighted by Gasteiger charge is 2.23. The highest BCUT2D eigenvalue weighted by molar-refractivity contribution is 5.24. The molecule has 0 bridgehead atoms. The van der Waals surface area contributed by atoms with Crippen molar-refractivity contribution in [3.63, 3.8) is 0 Å². The van der Waals surface area contributed by atoms with E-state index >= 15 is 0 Å². The third-order valence-electron chi connectivity index (χ3n) is 2.53. The minimum absolute atomic E-state index is 0.0562. The number of aromatic nitrogens is 2. The van der Waals surface area contributed by atoms with Gasteiger partial charge in [0.05, 0.1) is 0 Å². The Balaban J connectivity index is 3.21. The monoisotopic (exact) mass is 210 g/mol. The molecule has 0 aliphatic carbocycles. The molecule has 1 aromatic heterocycles. The van der Waals surface area contributed by atoms with E-state index in [2.05, 4.69) is 39.7 Å². The van der Waals surface area contributed by atoms with Gasteiger partial charge in [0.15, 0.2) is 0 Å². The summed E-state index contributed by atoms with van der Waals surface area (Å²) in [4.78, 5) is 11.8. The van der Waals surface area contributed by atoms with Gasteiger partial charge in [-0.2, -0.15) is 0 Å². The van der Waals surface area contributed by atoms with Crippen molar-refractivity contribution in [2.75, 3.05) is 0 Å². The lowest BCUT2D eigenvalue weighted by Gasteiger charge is -2.17. The van der Waals surface area contributed by atoms with Crippen LogP contribution in [0.5, 0.6) is 0 Å². The molecule has 0 aliphatic heterocycles. The largest absolute Gasteiger partial charge is 0.289 e. The Morgan fingerprint density at radius 3 is 2.20 bits per heavy atom. The van der Waals surface area contributed by atoms with E-state index in [1.165, 1.54) is 0 Å². The molecule has 0 unspecified atom stereocenters. The second-order valence-corrected chi connectivity index (χ2v) is 5.66. The summed E-state index contributed by atoms with van der Waals surface area (Å²) in [7, 11) is 0. The number of aromatic amines is 1. The van der Waals surface area contributed by atoms with E-state index in [0.717, 1.165) is 17.8 Å². The van der Waals surface area contributed by atoms with Gasteiger partial charge in [-0.1, -0.05) is 34.6 Å². The first kappa shape index (κ1) is 12.1. The zero-order valence-corrected chi connectivity index (χ0v) is 10.6. The normalized spacial score (nSPS) is 12.5. The Bertz CT molecular complexity index is 391. The second kappa shape index (κ2) is 3.87. The van der Waals surface area contributed by atoms with Crippen LogP contribution in [0.15, 0.2) is 4.79 Å². The maximum Gasteiger partial charge on any atom is 0.268 e. The predicted octanol–water partition coefficient (Wildman–Crippen LogP) is 2.44. The third-order valence-corrected chi connectivity index (χ3v) is 2.53. The highest BCUT2D eigenvalue weighted by Crippen LogP contribution is 2.22. The lowest BCUT2D eigenvalue weighted by atomic mass is 9.87. The number of nitrogens with zero attached hydrogens (tertiary/aromatic N) is 1. The molecule has 0 aliphatic rings. The second-order valence-electron chi connectivity index (χ2n) is 5.66. The first-order chi connectivity index (χ1) is 6.73. The molecule has 0 saturated carbocycles. The van der Waals surface area contributed by atoms with Crippen molar-refractivity contribution in [1.29, 1.82) is 0 Å². The lowest BCUT2D eigenvalue weighted by Crippen LogP contribution is -2.21. The summed E-state index contributed by atoms with van der Waals surface area (Å²) < 4.78 is 1.97. The van der Waals surface area contributed by atoms with Crippen LogP contribution in [0.25, 0.3) is 0 Å². The molecular weight excluding hydrogens is 188 g/mol. The molecular formula is C12H22N2O. The van der Waals surface area contributed by atoms with Gasteiger partial charge < -0.3 is 0 Å². The summed E-state index contributed by atoms with van der Waals surface area (Å²) in [5, 5.41) is 2.91. The smallest absolute Gasteiger partial charge is 0.268 e. The molecule has 0 saturated heterocycles. The SMILES string of the molecule is Cc1c(C(C)(C)C)c(=O)[nH]n1CC(C)C. The van der Waals surface area contributed by atoms with E-state index in [9.17, 15) is 4.79 Å². The van der Waals surface area contributed by atoms with Crippen LogP contribution in [0.4, 0.5) is 0 Å². The fraction of sp³-hybridized carbons (Fsp3) is 0.750. The molecule has 0 atom stereocenters. The zero-order chi connectivity index (χ0) is 11.8. The summed E-state index contributed by atoms with van der Waals surface area (Å²) in [5.41, 5.74) is 1.95. The Labute approximate surface area is 91.5 Å². The van der Waals surface area contributed by atoms with Crippen molar-refractivity contribution >= 4 is 0 Å². The van der Waals surface area contributed by atoms with E-state index in [0.29, 0.717) is 5.92 Å². The number of rotatable bonds is 2. The molecule has 1 N–H and O–H groups in total. The first-order valence-electron chi connectivity index (χ1n) is 5.53. The molecule has 15 heavy (non-hydrogen) atoms. The van der Waals surface area contributed by atoms with E-state index in [1.807, 2.05) is 11.6 Å². The summed E-state index contributed by atoms with van der Waals surface area (Å²) in [5.74, 6) is 0.541. The average Bonchev–Trinajstić information content (AvgIpc) is 2.23. The first-order valence-corrected chi connectivity index (χ1v) is 5.53. The van der Waals surface area contributed by atoms with Crippen LogP contribution >= 0.6 is 0 Å². The summed E-state index contributed by atoms with van der Waals surface area (Å²) in [6.45, 7) is 13.4. The molecule has 0 radical (unpaired) electrons. The van der Waals surface area contributed by atoms with Crippen LogP contribution in [-0.4, -0.2) is 9.78 Å². The quantitative estimate of drug-likeness (QED) is 0.800. The molecule has 86 valence electrons. The number of H-pyrrole nitrogens is 1. The van der Waals surface area contributed by atoms with Gasteiger partial charge in [0.25, 0.3) is 5.56 Å². The van der Waals surface area contributed by atoms with Crippen molar-refractivity contribution in [3.8, 4) is 0 Å². The van der Waals surface area contributed by atoms with Crippen LogP contribution in [0.2, 0.25) is 0 Å². The Kier molecular flexibility index (Phi) is 3.12. The van der Waals surface area contributed by atoms with Crippen molar-refractivity contribution in [2.45, 2.75) is 53.5 Å². The van der Waals surface area contributed by atoms with Crippen LogP contribution < -0.4 is 5.56 Å². The average molecular weight is 210 g/mol. The van der Waals surface area contributed by atoms with E-state index in [4.69, 9.17) is 0 Å². The van der Waals surface area contributed by atoms with Crippen LogP contribution in [0.1, 0.15) is 45.9 Å². The van der Waals surface area contributed by atoms with E-state index in [1.54, 1.807) is 0 Å². The Morgan fingerprint density at radius 1 is 1.33 bits per heavy atom. The van der Waals surface area contributed by atoms with Crippen molar-refractivity contribution in [1.82, 2.24) is 9.78 Å². The maximum atomic E-state index is 11.8. The van der Waals surface area contributed by atoms with Crippen LogP contribution in [-0.2, 0) is 12.0 Å². The molecule has 1 rings (SSSR count). The van der Waals surface area contributed by atoms with Gasteiger partial charge in [-0.15, -0.1) is 0 Å². The topological polar surface area (TPSA) is 37.8 Å². The van der Waals surface area contributed by atoms with E-state index in [-0.39, 0.29) is 11.0 Å². The van der Waals surface area contributed by atoms with Crippen LogP contribution in [0.3, 0.4) is 0 Å². The highest BCUT2D eigenvalue weighted by atomic mass is 16.1.